The van der Waals surface area contributed by atoms with Crippen LogP contribution >= 0.6 is 0 Å². The van der Waals surface area contributed by atoms with Gasteiger partial charge in [-0.2, -0.15) is 0 Å². The molecule has 0 saturated heterocycles. The quantitative estimate of drug-likeness (QED) is 0.729. The molecule has 2 aromatic carbocycles. The number of rotatable bonds is 2. The predicted octanol–water partition coefficient (Wildman–Crippen LogP) is 3.81. The van der Waals surface area contributed by atoms with Gasteiger partial charge < -0.3 is 10.6 Å². The Balaban J connectivity index is 0.000000173. The Hall–Kier alpha value is -2.29. The predicted molar refractivity (Wildman–Crippen MR) is 83.0 cm³/mol. The summed E-state index contributed by atoms with van der Waals surface area (Å²) in [7, 11) is 0. The third-order valence-electron chi connectivity index (χ3n) is 2.83. The van der Waals surface area contributed by atoms with E-state index in [-0.39, 0.29) is 12.1 Å². The highest BCUT2D eigenvalue weighted by Crippen LogP contribution is 2.25. The lowest BCUT2D eigenvalue weighted by atomic mass is 10.3. The molecule has 2 amide bonds. The van der Waals surface area contributed by atoms with Gasteiger partial charge in [0.05, 0.1) is 0 Å². The van der Waals surface area contributed by atoms with Crippen molar-refractivity contribution in [1.82, 2.24) is 5.32 Å². The van der Waals surface area contributed by atoms with Crippen molar-refractivity contribution in [2.24, 2.45) is 0 Å². The van der Waals surface area contributed by atoms with Gasteiger partial charge in [0.15, 0.2) is 0 Å². The minimum Gasteiger partial charge on any atom is -0.336 e. The molecular formula is C17H20N2O. The molecule has 0 spiro atoms. The van der Waals surface area contributed by atoms with Crippen LogP contribution in [-0.2, 0) is 6.42 Å². The van der Waals surface area contributed by atoms with Crippen LogP contribution in [0.5, 0.6) is 0 Å². The van der Waals surface area contributed by atoms with Crippen molar-refractivity contribution < 1.29 is 4.79 Å². The normalized spacial score (nSPS) is 10.9. The van der Waals surface area contributed by atoms with E-state index < -0.39 is 0 Å². The van der Waals surface area contributed by atoms with Crippen LogP contribution in [0, 0.1) is 0 Å². The molecule has 0 aromatic heterocycles. The highest BCUT2D eigenvalue weighted by atomic mass is 16.2. The van der Waals surface area contributed by atoms with E-state index in [1.165, 1.54) is 17.5 Å². The molecule has 2 N–H and O–H groups in total. The molecule has 104 valence electrons. The summed E-state index contributed by atoms with van der Waals surface area (Å²) in [6, 6.07) is 17.9. The van der Waals surface area contributed by atoms with Crippen molar-refractivity contribution in [3.8, 4) is 0 Å². The molecule has 3 nitrogen and oxygen atoms in total. The molecule has 3 rings (SSSR count). The second-order valence-electron chi connectivity index (χ2n) is 5.06. The van der Waals surface area contributed by atoms with Crippen molar-refractivity contribution in [1.29, 1.82) is 0 Å². The molecule has 1 aliphatic rings. The number of hydrogen-bond acceptors (Lipinski definition) is 1. The van der Waals surface area contributed by atoms with Crippen LogP contribution in [0.15, 0.2) is 54.6 Å². The second kappa shape index (κ2) is 6.75. The number of hydrogen-bond donors (Lipinski definition) is 2. The molecule has 0 aliphatic heterocycles. The Kier molecular flexibility index (Phi) is 4.77. The fourth-order valence-corrected chi connectivity index (χ4v) is 1.79. The highest BCUT2D eigenvalue weighted by Gasteiger charge is 2.12. The van der Waals surface area contributed by atoms with E-state index in [1.54, 1.807) is 0 Å². The van der Waals surface area contributed by atoms with Gasteiger partial charge in [0.2, 0.25) is 0 Å². The summed E-state index contributed by atoms with van der Waals surface area (Å²) in [6.45, 7) is 3.84. The van der Waals surface area contributed by atoms with Gasteiger partial charge in [-0.1, -0.05) is 42.5 Å². The monoisotopic (exact) mass is 268 g/mol. The first kappa shape index (κ1) is 14.1. The summed E-state index contributed by atoms with van der Waals surface area (Å²) >= 11 is 0. The van der Waals surface area contributed by atoms with E-state index in [9.17, 15) is 4.79 Å². The minimum absolute atomic E-state index is 0.156. The summed E-state index contributed by atoms with van der Waals surface area (Å²) in [5, 5.41) is 5.46. The summed E-state index contributed by atoms with van der Waals surface area (Å²) < 4.78 is 0. The van der Waals surface area contributed by atoms with Crippen LogP contribution in [0.1, 0.15) is 25.0 Å². The maximum atomic E-state index is 11.2. The van der Waals surface area contributed by atoms with E-state index in [1.807, 2.05) is 44.2 Å². The molecule has 0 heterocycles. The Morgan fingerprint density at radius 1 is 0.950 bits per heavy atom. The number of fused-ring (bicyclic) bond motifs is 1. The zero-order valence-corrected chi connectivity index (χ0v) is 11.9. The summed E-state index contributed by atoms with van der Waals surface area (Å²) in [4.78, 5) is 11.2. The number of benzene rings is 2. The van der Waals surface area contributed by atoms with Gasteiger partial charge in [-0.15, -0.1) is 0 Å². The standard InChI is InChI=1S/C10H14N2O.C7H6/c1-8(2)11-10(13)12-9-6-4-3-5-7-9;1-2-4-7-5-6(7)3-1/h3-8H,1-2H3,(H2,11,12,13);1-4H,5H2. The lowest BCUT2D eigenvalue weighted by Crippen LogP contribution is -2.34. The average Bonchev–Trinajstić information content (AvgIpc) is 3.18. The number of carbonyl (C=O) groups excluding carboxylic acids is 1. The van der Waals surface area contributed by atoms with Crippen LogP contribution in [0.4, 0.5) is 10.5 Å². The SMILES string of the molecule is CC(C)NC(=O)Nc1ccccc1.c1ccc2c(c1)C2. The van der Waals surface area contributed by atoms with Crippen molar-refractivity contribution in [2.75, 3.05) is 5.32 Å². The molecule has 0 unspecified atom stereocenters. The number of para-hydroxylation sites is 1. The molecule has 0 radical (unpaired) electrons. The number of anilines is 1. The third-order valence-corrected chi connectivity index (χ3v) is 2.83. The Labute approximate surface area is 120 Å². The molecule has 2 aromatic rings. The van der Waals surface area contributed by atoms with Crippen molar-refractivity contribution >= 4 is 11.7 Å². The van der Waals surface area contributed by atoms with Crippen LogP contribution in [0.2, 0.25) is 0 Å². The molecular weight excluding hydrogens is 248 g/mol. The Morgan fingerprint density at radius 2 is 1.50 bits per heavy atom. The van der Waals surface area contributed by atoms with Crippen LogP contribution < -0.4 is 10.6 Å². The van der Waals surface area contributed by atoms with Gasteiger partial charge in [0, 0.05) is 11.7 Å². The lowest BCUT2D eigenvalue weighted by Gasteiger charge is -2.09. The maximum Gasteiger partial charge on any atom is 0.319 e. The molecule has 3 heteroatoms. The second-order valence-corrected chi connectivity index (χ2v) is 5.06. The van der Waals surface area contributed by atoms with Gasteiger partial charge in [0.1, 0.15) is 0 Å². The van der Waals surface area contributed by atoms with Crippen LogP contribution in [0.3, 0.4) is 0 Å². The van der Waals surface area contributed by atoms with Gasteiger partial charge in [-0.3, -0.25) is 0 Å². The van der Waals surface area contributed by atoms with Crippen LogP contribution in [0.25, 0.3) is 0 Å². The van der Waals surface area contributed by atoms with Crippen molar-refractivity contribution in [3.05, 3.63) is 65.7 Å². The van der Waals surface area contributed by atoms with Crippen LogP contribution in [-0.4, -0.2) is 12.1 Å². The number of carbonyl (C=O) groups is 1. The largest absolute Gasteiger partial charge is 0.336 e. The summed E-state index contributed by atoms with van der Waals surface area (Å²) in [6.07, 6.45) is 1.24. The first-order valence-corrected chi connectivity index (χ1v) is 6.84. The first-order valence-electron chi connectivity index (χ1n) is 6.84. The maximum absolute atomic E-state index is 11.2. The lowest BCUT2D eigenvalue weighted by molar-refractivity contribution is 0.250. The smallest absolute Gasteiger partial charge is 0.319 e. The molecule has 0 fully saturated rings. The van der Waals surface area contributed by atoms with E-state index in [2.05, 4.69) is 34.9 Å². The summed E-state index contributed by atoms with van der Waals surface area (Å²) in [5.41, 5.74) is 3.87. The number of urea groups is 1. The highest BCUT2D eigenvalue weighted by molar-refractivity contribution is 5.89. The summed E-state index contributed by atoms with van der Waals surface area (Å²) in [5.74, 6) is 0. The van der Waals surface area contributed by atoms with E-state index >= 15 is 0 Å². The topological polar surface area (TPSA) is 41.1 Å². The first-order chi connectivity index (χ1) is 9.65. The molecule has 1 aliphatic carbocycles. The molecule has 20 heavy (non-hydrogen) atoms. The van der Waals surface area contributed by atoms with E-state index in [4.69, 9.17) is 0 Å². The number of amides is 2. The van der Waals surface area contributed by atoms with Gasteiger partial charge in [-0.25, -0.2) is 4.79 Å². The van der Waals surface area contributed by atoms with E-state index in [0.717, 1.165) is 5.69 Å². The van der Waals surface area contributed by atoms with Gasteiger partial charge >= 0.3 is 6.03 Å². The fourth-order valence-electron chi connectivity index (χ4n) is 1.79. The van der Waals surface area contributed by atoms with Gasteiger partial charge in [0.25, 0.3) is 0 Å². The molecule has 0 saturated carbocycles. The third kappa shape index (κ3) is 4.76. The Bertz CT molecular complexity index is 543. The van der Waals surface area contributed by atoms with Crippen molar-refractivity contribution in [3.63, 3.8) is 0 Å². The zero-order valence-electron chi connectivity index (χ0n) is 11.9. The van der Waals surface area contributed by atoms with Gasteiger partial charge in [-0.05, 0) is 43.5 Å². The van der Waals surface area contributed by atoms with E-state index in [0.29, 0.717) is 0 Å². The zero-order chi connectivity index (χ0) is 14.4. The Morgan fingerprint density at radius 3 is 2.00 bits per heavy atom. The number of nitrogens with one attached hydrogen (secondary N) is 2. The fraction of sp³-hybridized carbons (Fsp3) is 0.235. The minimum atomic E-state index is -0.166. The molecule has 0 bridgehead atoms. The molecule has 0 atom stereocenters. The average molecular weight is 268 g/mol. The van der Waals surface area contributed by atoms with Crippen molar-refractivity contribution in [2.45, 2.75) is 26.3 Å².